The lowest BCUT2D eigenvalue weighted by Crippen LogP contribution is -2.48. The minimum Gasteiger partial charge on any atom is -0.355 e. The molecule has 2 N–H and O–H groups in total. The van der Waals surface area contributed by atoms with Crippen molar-refractivity contribution in [2.24, 2.45) is 0 Å². The highest BCUT2D eigenvalue weighted by Crippen LogP contribution is 2.30. The quantitative estimate of drug-likeness (QED) is 0.879. The summed E-state index contributed by atoms with van der Waals surface area (Å²) in [6.45, 7) is 3.04. The second-order valence-corrected chi connectivity index (χ2v) is 4.77. The number of likely N-dealkylation sites (N-methyl/N-ethyl adjacent to an activating group) is 1. The van der Waals surface area contributed by atoms with Crippen molar-refractivity contribution < 1.29 is 13.6 Å². The van der Waals surface area contributed by atoms with Gasteiger partial charge in [0.25, 0.3) is 0 Å². The molecular weight excluding hydrogens is 250 g/mol. The highest BCUT2D eigenvalue weighted by atomic mass is 19.2. The highest BCUT2D eigenvalue weighted by Gasteiger charge is 2.29. The highest BCUT2D eigenvalue weighted by molar-refractivity contribution is 5.81. The summed E-state index contributed by atoms with van der Waals surface area (Å²) in [5.41, 5.74) is 0.371. The molecule has 1 aromatic carbocycles. The second-order valence-electron chi connectivity index (χ2n) is 4.77. The van der Waals surface area contributed by atoms with E-state index < -0.39 is 11.6 Å². The lowest BCUT2D eigenvalue weighted by Gasteiger charge is -2.30. The number of rotatable bonds is 3. The van der Waals surface area contributed by atoms with E-state index in [0.29, 0.717) is 31.5 Å². The molecule has 2 unspecified atom stereocenters. The van der Waals surface area contributed by atoms with Crippen LogP contribution in [0.25, 0.3) is 0 Å². The summed E-state index contributed by atoms with van der Waals surface area (Å²) in [7, 11) is 0. The fraction of sp³-hybridized carbons (Fsp3) is 0.500. The van der Waals surface area contributed by atoms with Crippen LogP contribution in [0.1, 0.15) is 31.2 Å². The molecule has 2 atom stereocenters. The fourth-order valence-corrected chi connectivity index (χ4v) is 2.53. The summed E-state index contributed by atoms with van der Waals surface area (Å²) in [5, 5.41) is 5.85. The van der Waals surface area contributed by atoms with Gasteiger partial charge in [-0.25, -0.2) is 8.78 Å². The van der Waals surface area contributed by atoms with E-state index in [-0.39, 0.29) is 17.9 Å². The first-order chi connectivity index (χ1) is 9.13. The lowest BCUT2D eigenvalue weighted by atomic mass is 9.86. The number of benzene rings is 1. The van der Waals surface area contributed by atoms with Gasteiger partial charge in [-0.15, -0.1) is 0 Å². The van der Waals surface area contributed by atoms with Crippen molar-refractivity contribution in [3.8, 4) is 0 Å². The Balaban J connectivity index is 2.13. The number of nitrogens with one attached hydrogen (secondary N) is 2. The van der Waals surface area contributed by atoms with E-state index >= 15 is 0 Å². The summed E-state index contributed by atoms with van der Waals surface area (Å²) in [6.07, 6.45) is 1.20. The normalized spacial score (nSPS) is 23.1. The maximum absolute atomic E-state index is 13.8. The average Bonchev–Trinajstić information content (AvgIpc) is 2.42. The molecule has 0 bridgehead atoms. The maximum Gasteiger partial charge on any atom is 0.237 e. The standard InChI is InChI=1S/C14H18F2N2O/c1-2-17-14(19)12-8-9(6-7-18-12)10-4-3-5-11(15)13(10)16/h3-5,9,12,18H,2,6-8H2,1H3,(H,17,19). The Labute approximate surface area is 111 Å². The third kappa shape index (κ3) is 3.10. The van der Waals surface area contributed by atoms with Gasteiger partial charge in [-0.2, -0.15) is 0 Å². The van der Waals surface area contributed by atoms with Crippen LogP contribution in [0, 0.1) is 11.6 Å². The van der Waals surface area contributed by atoms with Gasteiger partial charge < -0.3 is 10.6 Å². The first-order valence-corrected chi connectivity index (χ1v) is 6.58. The number of hydrogen-bond acceptors (Lipinski definition) is 2. The summed E-state index contributed by atoms with van der Waals surface area (Å²) in [4.78, 5) is 11.8. The van der Waals surface area contributed by atoms with Crippen LogP contribution < -0.4 is 10.6 Å². The number of carbonyl (C=O) groups excluding carboxylic acids is 1. The molecule has 0 spiro atoms. The molecule has 1 aromatic rings. The number of carbonyl (C=O) groups is 1. The minimum atomic E-state index is -0.828. The van der Waals surface area contributed by atoms with Gasteiger partial charge in [0.1, 0.15) is 0 Å². The van der Waals surface area contributed by atoms with Gasteiger partial charge >= 0.3 is 0 Å². The third-order valence-electron chi connectivity index (χ3n) is 3.49. The van der Waals surface area contributed by atoms with Crippen molar-refractivity contribution in [1.29, 1.82) is 0 Å². The molecule has 1 aliphatic heterocycles. The molecule has 1 amide bonds. The van der Waals surface area contributed by atoms with Crippen molar-refractivity contribution in [2.75, 3.05) is 13.1 Å². The van der Waals surface area contributed by atoms with E-state index in [4.69, 9.17) is 0 Å². The topological polar surface area (TPSA) is 41.1 Å². The van der Waals surface area contributed by atoms with Crippen LogP contribution in [0.2, 0.25) is 0 Å². The molecular formula is C14H18F2N2O. The summed E-state index contributed by atoms with van der Waals surface area (Å²) in [5.74, 6) is -1.82. The van der Waals surface area contributed by atoms with Crippen molar-refractivity contribution in [3.05, 3.63) is 35.4 Å². The van der Waals surface area contributed by atoms with Gasteiger partial charge in [0.2, 0.25) is 5.91 Å². The molecule has 104 valence electrons. The number of hydrogen-bond donors (Lipinski definition) is 2. The minimum absolute atomic E-state index is 0.0796. The molecule has 1 heterocycles. The molecule has 1 fully saturated rings. The van der Waals surface area contributed by atoms with Crippen LogP contribution in [-0.2, 0) is 4.79 Å². The molecule has 5 heteroatoms. The zero-order valence-corrected chi connectivity index (χ0v) is 10.9. The van der Waals surface area contributed by atoms with Gasteiger partial charge in [0, 0.05) is 6.54 Å². The number of halogens is 2. The zero-order valence-electron chi connectivity index (χ0n) is 10.9. The maximum atomic E-state index is 13.8. The van der Waals surface area contributed by atoms with Crippen LogP contribution >= 0.6 is 0 Å². The molecule has 2 rings (SSSR count). The van der Waals surface area contributed by atoms with Crippen LogP contribution in [0.5, 0.6) is 0 Å². The molecule has 3 nitrogen and oxygen atoms in total. The Morgan fingerprint density at radius 2 is 2.26 bits per heavy atom. The Hall–Kier alpha value is -1.49. The second kappa shape index (κ2) is 6.10. The van der Waals surface area contributed by atoms with Gasteiger partial charge in [-0.3, -0.25) is 4.79 Å². The van der Waals surface area contributed by atoms with E-state index in [1.807, 2.05) is 6.92 Å². The van der Waals surface area contributed by atoms with Gasteiger partial charge in [-0.1, -0.05) is 12.1 Å². The molecule has 1 aliphatic rings. The predicted octanol–water partition coefficient (Wildman–Crippen LogP) is 1.94. The van der Waals surface area contributed by atoms with Crippen molar-refractivity contribution in [2.45, 2.75) is 31.7 Å². The fourth-order valence-electron chi connectivity index (χ4n) is 2.53. The average molecular weight is 268 g/mol. The SMILES string of the molecule is CCNC(=O)C1CC(c2cccc(F)c2F)CCN1. The Kier molecular flexibility index (Phi) is 4.47. The Bertz CT molecular complexity index is 465. The molecule has 0 saturated carbocycles. The van der Waals surface area contributed by atoms with Gasteiger partial charge in [-0.05, 0) is 43.9 Å². The number of piperidine rings is 1. The largest absolute Gasteiger partial charge is 0.355 e. The van der Waals surface area contributed by atoms with E-state index in [2.05, 4.69) is 10.6 Å². The van der Waals surface area contributed by atoms with Gasteiger partial charge in [0.15, 0.2) is 11.6 Å². The Morgan fingerprint density at radius 3 is 3.00 bits per heavy atom. The smallest absolute Gasteiger partial charge is 0.237 e. The number of amides is 1. The van der Waals surface area contributed by atoms with Crippen LogP contribution in [0.4, 0.5) is 8.78 Å². The first kappa shape index (κ1) is 13.9. The van der Waals surface area contributed by atoms with E-state index in [1.165, 1.54) is 6.07 Å². The summed E-state index contributed by atoms with van der Waals surface area (Å²) < 4.78 is 27.0. The summed E-state index contributed by atoms with van der Waals surface area (Å²) >= 11 is 0. The van der Waals surface area contributed by atoms with E-state index in [9.17, 15) is 13.6 Å². The molecule has 1 saturated heterocycles. The first-order valence-electron chi connectivity index (χ1n) is 6.58. The monoisotopic (exact) mass is 268 g/mol. The summed E-state index contributed by atoms with van der Waals surface area (Å²) in [6, 6.07) is 3.89. The molecule has 0 radical (unpaired) electrons. The van der Waals surface area contributed by atoms with Crippen LogP contribution in [-0.4, -0.2) is 25.0 Å². The van der Waals surface area contributed by atoms with Crippen LogP contribution in [0.3, 0.4) is 0 Å². The lowest BCUT2D eigenvalue weighted by molar-refractivity contribution is -0.123. The molecule has 19 heavy (non-hydrogen) atoms. The van der Waals surface area contributed by atoms with Crippen molar-refractivity contribution in [1.82, 2.24) is 10.6 Å². The van der Waals surface area contributed by atoms with Crippen molar-refractivity contribution in [3.63, 3.8) is 0 Å². The van der Waals surface area contributed by atoms with E-state index in [1.54, 1.807) is 6.07 Å². The van der Waals surface area contributed by atoms with E-state index in [0.717, 1.165) is 6.07 Å². The zero-order chi connectivity index (χ0) is 13.8. The van der Waals surface area contributed by atoms with Crippen LogP contribution in [0.15, 0.2) is 18.2 Å². The molecule has 0 aromatic heterocycles. The van der Waals surface area contributed by atoms with Crippen molar-refractivity contribution >= 4 is 5.91 Å². The Morgan fingerprint density at radius 1 is 1.47 bits per heavy atom. The van der Waals surface area contributed by atoms with Gasteiger partial charge in [0.05, 0.1) is 6.04 Å². The predicted molar refractivity (Wildman–Crippen MR) is 68.8 cm³/mol. The molecule has 0 aliphatic carbocycles. The third-order valence-corrected chi connectivity index (χ3v) is 3.49.